The van der Waals surface area contributed by atoms with Gasteiger partial charge in [0.2, 0.25) is 0 Å². The quantitative estimate of drug-likeness (QED) is 0.687. The molecule has 1 aromatic carbocycles. The van der Waals surface area contributed by atoms with Crippen LogP contribution >= 0.6 is 31.9 Å². The standard InChI is InChI=1S/C14H16Br2FN3/c1-2-20-13(18-10-19-20)7-14(8-15,9-16)11-3-5-12(17)6-4-11/h3-6,10H,2,7-9H2,1H3. The van der Waals surface area contributed by atoms with Crippen LogP contribution in [0.5, 0.6) is 0 Å². The van der Waals surface area contributed by atoms with Crippen molar-refractivity contribution in [2.75, 3.05) is 10.7 Å². The number of alkyl halides is 2. The summed E-state index contributed by atoms with van der Waals surface area (Å²) in [6, 6.07) is 6.68. The zero-order valence-electron chi connectivity index (χ0n) is 11.2. The maximum Gasteiger partial charge on any atom is 0.138 e. The molecule has 0 spiro atoms. The van der Waals surface area contributed by atoms with E-state index in [-0.39, 0.29) is 11.2 Å². The average Bonchev–Trinajstić information content (AvgIpc) is 2.93. The van der Waals surface area contributed by atoms with Crippen molar-refractivity contribution < 1.29 is 4.39 Å². The molecule has 0 aliphatic heterocycles. The van der Waals surface area contributed by atoms with E-state index in [9.17, 15) is 4.39 Å². The number of benzene rings is 1. The molecule has 1 aromatic heterocycles. The van der Waals surface area contributed by atoms with Crippen molar-refractivity contribution in [3.05, 3.63) is 47.8 Å². The maximum atomic E-state index is 13.1. The van der Waals surface area contributed by atoms with Crippen molar-refractivity contribution in [3.8, 4) is 0 Å². The van der Waals surface area contributed by atoms with E-state index in [2.05, 4.69) is 41.9 Å². The predicted molar refractivity (Wildman–Crippen MR) is 85.1 cm³/mol. The molecule has 0 saturated carbocycles. The third-order valence-corrected chi connectivity index (χ3v) is 5.61. The molecule has 6 heteroatoms. The van der Waals surface area contributed by atoms with Crippen LogP contribution in [0.3, 0.4) is 0 Å². The first-order valence-corrected chi connectivity index (χ1v) is 8.64. The third-order valence-electron chi connectivity index (χ3n) is 3.46. The summed E-state index contributed by atoms with van der Waals surface area (Å²) in [6.07, 6.45) is 2.32. The van der Waals surface area contributed by atoms with Gasteiger partial charge in [-0.05, 0) is 24.6 Å². The lowest BCUT2D eigenvalue weighted by atomic mass is 9.81. The summed E-state index contributed by atoms with van der Waals surface area (Å²) in [5, 5.41) is 5.72. The highest BCUT2D eigenvalue weighted by molar-refractivity contribution is 9.09. The molecule has 0 atom stereocenters. The Balaban J connectivity index is 2.36. The molecule has 0 unspecified atom stereocenters. The molecule has 2 aromatic rings. The molecule has 0 bridgehead atoms. The lowest BCUT2D eigenvalue weighted by molar-refractivity contribution is 0.499. The van der Waals surface area contributed by atoms with Gasteiger partial charge in [0.05, 0.1) is 0 Å². The first kappa shape index (κ1) is 15.6. The van der Waals surface area contributed by atoms with Crippen LogP contribution in [0.25, 0.3) is 0 Å². The van der Waals surface area contributed by atoms with Crippen LogP contribution in [0.2, 0.25) is 0 Å². The van der Waals surface area contributed by atoms with E-state index < -0.39 is 0 Å². The molecule has 1 heterocycles. The highest BCUT2D eigenvalue weighted by Crippen LogP contribution is 2.32. The Morgan fingerprint density at radius 1 is 1.20 bits per heavy atom. The first-order valence-electron chi connectivity index (χ1n) is 6.40. The summed E-state index contributed by atoms with van der Waals surface area (Å²) in [4.78, 5) is 4.35. The Bertz CT molecular complexity index is 550. The number of aromatic nitrogens is 3. The van der Waals surface area contributed by atoms with Gasteiger partial charge in [0.25, 0.3) is 0 Å². The van der Waals surface area contributed by atoms with E-state index in [0.717, 1.165) is 35.0 Å². The minimum Gasteiger partial charge on any atom is -0.250 e. The third kappa shape index (κ3) is 3.11. The van der Waals surface area contributed by atoms with Gasteiger partial charge in [-0.3, -0.25) is 4.68 Å². The molecule has 0 aliphatic carbocycles. The topological polar surface area (TPSA) is 30.7 Å². The molecule has 0 amide bonds. The van der Waals surface area contributed by atoms with Gasteiger partial charge in [-0.1, -0.05) is 44.0 Å². The molecule has 0 saturated heterocycles. The number of hydrogen-bond acceptors (Lipinski definition) is 2. The van der Waals surface area contributed by atoms with Crippen molar-refractivity contribution >= 4 is 31.9 Å². The molecule has 0 aliphatic rings. The zero-order chi connectivity index (χ0) is 14.6. The minimum atomic E-state index is -0.219. The second-order valence-electron chi connectivity index (χ2n) is 4.72. The van der Waals surface area contributed by atoms with E-state index in [0.29, 0.717) is 0 Å². The van der Waals surface area contributed by atoms with Gasteiger partial charge < -0.3 is 0 Å². The predicted octanol–water partition coefficient (Wildman–Crippen LogP) is 3.71. The summed E-state index contributed by atoms with van der Waals surface area (Å²) in [5.41, 5.74) is 0.909. The minimum absolute atomic E-state index is 0.173. The summed E-state index contributed by atoms with van der Waals surface area (Å²) in [7, 11) is 0. The second-order valence-corrected chi connectivity index (χ2v) is 5.84. The van der Waals surface area contributed by atoms with Gasteiger partial charge in [-0.2, -0.15) is 5.10 Å². The van der Waals surface area contributed by atoms with Gasteiger partial charge in [-0.25, -0.2) is 9.37 Å². The molecule has 3 nitrogen and oxygen atoms in total. The van der Waals surface area contributed by atoms with E-state index in [1.165, 1.54) is 12.1 Å². The van der Waals surface area contributed by atoms with Crippen LogP contribution in [-0.2, 0) is 18.4 Å². The molecule has 0 radical (unpaired) electrons. The van der Waals surface area contributed by atoms with Gasteiger partial charge >= 0.3 is 0 Å². The number of hydrogen-bond donors (Lipinski definition) is 0. The lowest BCUT2D eigenvalue weighted by Crippen LogP contribution is -2.34. The largest absolute Gasteiger partial charge is 0.250 e. The van der Waals surface area contributed by atoms with Crippen molar-refractivity contribution in [1.29, 1.82) is 0 Å². The summed E-state index contributed by atoms with van der Waals surface area (Å²) >= 11 is 7.20. The van der Waals surface area contributed by atoms with Crippen LogP contribution in [0.1, 0.15) is 18.3 Å². The van der Waals surface area contributed by atoms with Crippen LogP contribution in [-0.4, -0.2) is 25.4 Å². The first-order chi connectivity index (χ1) is 9.65. The van der Waals surface area contributed by atoms with Crippen molar-refractivity contribution in [2.45, 2.75) is 25.3 Å². The van der Waals surface area contributed by atoms with E-state index in [4.69, 9.17) is 0 Å². The Morgan fingerprint density at radius 2 is 1.85 bits per heavy atom. The fraction of sp³-hybridized carbons (Fsp3) is 0.429. The van der Waals surface area contributed by atoms with Crippen molar-refractivity contribution in [3.63, 3.8) is 0 Å². The van der Waals surface area contributed by atoms with Gasteiger partial charge in [-0.15, -0.1) is 0 Å². The van der Waals surface area contributed by atoms with Gasteiger partial charge in [0.15, 0.2) is 0 Å². The normalized spacial score (nSPS) is 11.8. The molecular weight excluding hydrogens is 389 g/mol. The summed E-state index contributed by atoms with van der Waals surface area (Å²) in [5.74, 6) is 0.722. The van der Waals surface area contributed by atoms with Crippen molar-refractivity contribution in [2.24, 2.45) is 0 Å². The average molecular weight is 405 g/mol. The maximum absolute atomic E-state index is 13.1. The van der Waals surface area contributed by atoms with Crippen LogP contribution < -0.4 is 0 Å². The molecule has 0 fully saturated rings. The Morgan fingerprint density at radius 3 is 2.40 bits per heavy atom. The fourth-order valence-electron chi connectivity index (χ4n) is 2.18. The summed E-state index contributed by atoms with van der Waals surface area (Å²) < 4.78 is 15.0. The number of rotatable bonds is 6. The highest BCUT2D eigenvalue weighted by atomic mass is 79.9. The van der Waals surface area contributed by atoms with Crippen LogP contribution in [0.15, 0.2) is 30.6 Å². The fourth-order valence-corrected chi connectivity index (χ4v) is 4.15. The smallest absolute Gasteiger partial charge is 0.138 e. The van der Waals surface area contributed by atoms with E-state index in [1.54, 1.807) is 6.33 Å². The van der Waals surface area contributed by atoms with Crippen LogP contribution in [0, 0.1) is 5.82 Å². The number of aryl methyl sites for hydroxylation is 1. The SMILES string of the molecule is CCn1ncnc1CC(CBr)(CBr)c1ccc(F)cc1. The molecule has 2 rings (SSSR count). The van der Waals surface area contributed by atoms with E-state index in [1.807, 2.05) is 23.7 Å². The second kappa shape index (κ2) is 6.80. The highest BCUT2D eigenvalue weighted by Gasteiger charge is 2.32. The van der Waals surface area contributed by atoms with Gasteiger partial charge in [0.1, 0.15) is 18.0 Å². The molecule has 20 heavy (non-hydrogen) atoms. The van der Waals surface area contributed by atoms with Gasteiger partial charge in [0, 0.05) is 29.0 Å². The Labute approximate surface area is 134 Å². The van der Waals surface area contributed by atoms with Crippen molar-refractivity contribution in [1.82, 2.24) is 14.8 Å². The summed E-state index contributed by atoms with van der Waals surface area (Å²) in [6.45, 7) is 2.83. The number of nitrogens with zero attached hydrogens (tertiary/aromatic N) is 3. The number of halogens is 3. The molecule has 108 valence electrons. The zero-order valence-corrected chi connectivity index (χ0v) is 14.4. The Kier molecular flexibility index (Phi) is 5.32. The lowest BCUT2D eigenvalue weighted by Gasteiger charge is -2.30. The Hall–Kier alpha value is -0.750. The monoisotopic (exact) mass is 403 g/mol. The van der Waals surface area contributed by atoms with E-state index >= 15 is 0 Å². The van der Waals surface area contributed by atoms with Crippen LogP contribution in [0.4, 0.5) is 4.39 Å². The molecule has 0 N–H and O–H groups in total. The molecular formula is C14H16Br2FN3.